The largest absolute Gasteiger partial charge is 0.449 e. The van der Waals surface area contributed by atoms with Crippen LogP contribution in [0.3, 0.4) is 0 Å². The van der Waals surface area contributed by atoms with E-state index >= 15 is 0 Å². The maximum absolute atomic E-state index is 13.0. The lowest BCUT2D eigenvalue weighted by molar-refractivity contribution is -0.922. The number of imide groups is 1. The van der Waals surface area contributed by atoms with Gasteiger partial charge in [-0.2, -0.15) is 0 Å². The molecule has 10 heteroatoms. The van der Waals surface area contributed by atoms with Gasteiger partial charge in [-0.15, -0.1) is 26.4 Å². The van der Waals surface area contributed by atoms with E-state index in [1.165, 1.54) is 4.90 Å². The van der Waals surface area contributed by atoms with Crippen LogP contribution in [0.1, 0.15) is 13.3 Å². The smallest absolute Gasteiger partial charge is 0.388 e. The molecule has 1 aromatic rings. The lowest BCUT2D eigenvalue weighted by Crippen LogP contribution is -2.70. The Kier molecular flexibility index (Phi) is 7.04. The molecule has 3 aliphatic heterocycles. The van der Waals surface area contributed by atoms with Crippen molar-refractivity contribution in [3.8, 4) is 0 Å². The van der Waals surface area contributed by atoms with Gasteiger partial charge in [-0.3, -0.25) is 4.79 Å². The number of benzene rings is 1. The number of carbonyl (C=O) groups is 2. The average Bonchev–Trinajstić information content (AvgIpc) is 3.13. The van der Waals surface area contributed by atoms with Crippen LogP contribution in [0.5, 0.6) is 0 Å². The van der Waals surface area contributed by atoms with Crippen LogP contribution in [0.25, 0.3) is 0 Å². The molecule has 0 radical (unpaired) electrons. The topological polar surface area (TPSA) is 85.2 Å². The van der Waals surface area contributed by atoms with Gasteiger partial charge in [0.15, 0.2) is 0 Å². The Balaban J connectivity index is 1.39. The minimum absolute atomic E-state index is 0.0823. The molecule has 3 amide bonds. The summed E-state index contributed by atoms with van der Waals surface area (Å²) in [6.45, 7) is 6.16. The minimum Gasteiger partial charge on any atom is -0.388 e. The summed E-state index contributed by atoms with van der Waals surface area (Å²) >= 11 is 1.88. The lowest BCUT2D eigenvalue weighted by atomic mass is 10.2. The summed E-state index contributed by atoms with van der Waals surface area (Å²) in [4.78, 5) is 34.1. The first-order chi connectivity index (χ1) is 15.7. The zero-order valence-corrected chi connectivity index (χ0v) is 20.4. The molecule has 178 valence electrons. The van der Waals surface area contributed by atoms with Crippen LogP contribution in [0.2, 0.25) is 0 Å². The van der Waals surface area contributed by atoms with Crippen molar-refractivity contribution in [1.29, 1.82) is 0 Å². The summed E-state index contributed by atoms with van der Waals surface area (Å²) in [5.74, 6) is 1.10. The molecule has 9 nitrogen and oxygen atoms in total. The van der Waals surface area contributed by atoms with Gasteiger partial charge in [-0.1, -0.05) is 18.2 Å². The Bertz CT molecular complexity index is 960. The molecule has 3 heterocycles. The molecular weight excluding hydrogens is 440 g/mol. The van der Waals surface area contributed by atoms with Crippen LogP contribution in [-0.2, 0) is 4.79 Å². The first-order valence-corrected chi connectivity index (χ1v) is 12.4. The van der Waals surface area contributed by atoms with Crippen molar-refractivity contribution >= 4 is 30.0 Å². The number of nitrogens with zero attached hydrogens (tertiary/aromatic N) is 5. The van der Waals surface area contributed by atoms with E-state index < -0.39 is 12.0 Å². The fourth-order valence-corrected chi connectivity index (χ4v) is 5.71. The van der Waals surface area contributed by atoms with E-state index in [2.05, 4.69) is 44.5 Å². The van der Waals surface area contributed by atoms with E-state index in [0.717, 1.165) is 31.8 Å². The zero-order chi connectivity index (χ0) is 23.6. The van der Waals surface area contributed by atoms with E-state index in [-0.39, 0.29) is 15.1 Å². The molecule has 1 fully saturated rings. The number of thioether (sulfide) groups is 1. The summed E-state index contributed by atoms with van der Waals surface area (Å²) < 4.78 is -0.0814. The number of aliphatic hydroxyl groups is 1. The summed E-state index contributed by atoms with van der Waals surface area (Å²) in [6, 6.07) is 10.1. The Hall–Kier alpha value is -2.08. The minimum atomic E-state index is -0.610. The van der Waals surface area contributed by atoms with Crippen LogP contribution in [0.4, 0.5) is 4.79 Å². The van der Waals surface area contributed by atoms with Gasteiger partial charge in [-0.25, -0.2) is 14.6 Å². The highest BCUT2D eigenvalue weighted by atomic mass is 32.2. The normalized spacial score (nSPS) is 29.3. The number of amides is 3. The summed E-state index contributed by atoms with van der Waals surface area (Å²) in [5.41, 5.74) is 0.429. The molecule has 0 spiro atoms. The highest BCUT2D eigenvalue weighted by molar-refractivity contribution is 7.99. The molecule has 2 N–H and O–H groups in total. The number of carbonyl (C=O) groups excluding carboxylic acids is 2. The van der Waals surface area contributed by atoms with Gasteiger partial charge in [-0.05, 0) is 37.8 Å². The Morgan fingerprint density at radius 2 is 1.85 bits per heavy atom. The molecular formula is C23H34N6O3S+2. The Morgan fingerprint density at radius 1 is 1.15 bits per heavy atom. The molecule has 0 aromatic heterocycles. The van der Waals surface area contributed by atoms with Gasteiger partial charge in [0.25, 0.3) is 5.70 Å². The van der Waals surface area contributed by atoms with Crippen LogP contribution in [-0.4, -0.2) is 108 Å². The van der Waals surface area contributed by atoms with E-state index in [1.807, 2.05) is 24.9 Å². The van der Waals surface area contributed by atoms with Crippen molar-refractivity contribution in [2.24, 2.45) is 4.99 Å². The van der Waals surface area contributed by atoms with E-state index in [4.69, 9.17) is 0 Å². The van der Waals surface area contributed by atoms with E-state index in [1.54, 1.807) is 20.3 Å². The third-order valence-electron chi connectivity index (χ3n) is 6.59. The van der Waals surface area contributed by atoms with Crippen LogP contribution in [0, 0.1) is 0 Å². The van der Waals surface area contributed by atoms with Crippen molar-refractivity contribution in [2.75, 3.05) is 59.1 Å². The molecule has 0 saturated carbocycles. The van der Waals surface area contributed by atoms with Gasteiger partial charge in [0.2, 0.25) is 6.34 Å². The molecule has 3 atom stereocenters. The van der Waals surface area contributed by atoms with Gasteiger partial charge < -0.3 is 10.0 Å². The SMILES string of the molecule is CC(O)C[N+]1(C)C=NC2=C1C(=O)NC(=O)[N+]2(C)N1CCN(CCCSc2ccccc2)CC1. The van der Waals surface area contributed by atoms with Crippen LogP contribution in [0.15, 0.2) is 51.7 Å². The monoisotopic (exact) mass is 474 g/mol. The molecule has 3 aliphatic rings. The standard InChI is InChI=1S/C23H33N6O3S/c1-18(30)16-28(2)17-24-21-20(28)22(31)25-23(32)29(21,3)27-13-11-26(12-14-27)10-7-15-33-19-8-5-4-6-9-19/h4-6,8-9,17-18,30H,7,10-16H2,1-3H3/q+1/p+1. The van der Waals surface area contributed by atoms with Crippen molar-refractivity contribution in [3.63, 3.8) is 0 Å². The first-order valence-electron chi connectivity index (χ1n) is 11.5. The summed E-state index contributed by atoms with van der Waals surface area (Å²) in [7, 11) is 3.64. The molecule has 1 saturated heterocycles. The van der Waals surface area contributed by atoms with Gasteiger partial charge in [0.1, 0.15) is 19.7 Å². The third-order valence-corrected chi connectivity index (χ3v) is 7.69. The molecule has 0 bridgehead atoms. The first kappa shape index (κ1) is 24.1. The van der Waals surface area contributed by atoms with Gasteiger partial charge in [0, 0.05) is 18.0 Å². The summed E-state index contributed by atoms with van der Waals surface area (Å²) in [5, 5.41) is 14.6. The van der Waals surface area contributed by atoms with Crippen LogP contribution >= 0.6 is 11.8 Å². The lowest BCUT2D eigenvalue weighted by Gasteiger charge is -2.44. The number of hydrogen-bond acceptors (Lipinski definition) is 7. The van der Waals surface area contributed by atoms with Crippen LogP contribution < -0.4 is 5.32 Å². The number of hydrogen-bond donors (Lipinski definition) is 2. The maximum atomic E-state index is 13.0. The second-order valence-electron chi connectivity index (χ2n) is 9.24. The predicted octanol–water partition coefficient (Wildman–Crippen LogP) is 1.44. The third kappa shape index (κ3) is 4.77. The number of aliphatic hydroxyl groups excluding tert-OH is 1. The van der Waals surface area contributed by atoms with Gasteiger partial charge >= 0.3 is 17.8 Å². The molecule has 0 aliphatic carbocycles. The van der Waals surface area contributed by atoms with Crippen molar-refractivity contribution < 1.29 is 23.8 Å². The maximum Gasteiger partial charge on any atom is 0.449 e. The number of aliphatic imine (C=N–C) groups is 1. The fourth-order valence-electron chi connectivity index (χ4n) is 4.85. The average molecular weight is 475 g/mol. The molecule has 33 heavy (non-hydrogen) atoms. The zero-order valence-electron chi connectivity index (χ0n) is 19.6. The number of urea groups is 1. The number of rotatable bonds is 8. The number of quaternary nitrogens is 2. The molecule has 1 aromatic carbocycles. The highest BCUT2D eigenvalue weighted by Crippen LogP contribution is 2.36. The number of nitrogens with one attached hydrogen (secondary N) is 1. The highest BCUT2D eigenvalue weighted by Gasteiger charge is 2.59. The number of piperazine rings is 1. The van der Waals surface area contributed by atoms with Crippen molar-refractivity contribution in [2.45, 2.75) is 24.3 Å². The molecule has 4 rings (SSSR count). The van der Waals surface area contributed by atoms with E-state index in [0.29, 0.717) is 31.2 Å². The summed E-state index contributed by atoms with van der Waals surface area (Å²) in [6.07, 6.45) is 2.16. The quantitative estimate of drug-likeness (QED) is 0.337. The molecule has 3 unspecified atom stereocenters. The second-order valence-corrected chi connectivity index (χ2v) is 10.4. The number of likely N-dealkylation sites (N-methyl/N-ethyl adjacent to an activating group) is 1. The van der Waals surface area contributed by atoms with Crippen molar-refractivity contribution in [1.82, 2.24) is 15.2 Å². The van der Waals surface area contributed by atoms with Crippen molar-refractivity contribution in [3.05, 3.63) is 41.8 Å². The Morgan fingerprint density at radius 3 is 2.52 bits per heavy atom. The fraction of sp³-hybridized carbons (Fsp3) is 0.522. The Labute approximate surface area is 199 Å². The van der Waals surface area contributed by atoms with E-state index in [9.17, 15) is 14.7 Å². The second kappa shape index (κ2) is 9.65. The van der Waals surface area contributed by atoms with Gasteiger partial charge in [0.05, 0.1) is 20.1 Å². The predicted molar refractivity (Wildman–Crippen MR) is 128 cm³/mol.